The Kier molecular flexibility index (Phi) is 8.98. The van der Waals surface area contributed by atoms with Crippen LogP contribution >= 0.6 is 0 Å². The van der Waals surface area contributed by atoms with Crippen LogP contribution in [-0.4, -0.2) is 78.9 Å². The summed E-state index contributed by atoms with van der Waals surface area (Å²) in [6.45, 7) is 7.87. The smallest absolute Gasteiger partial charge is 0.161 e. The topological polar surface area (TPSA) is 94.4 Å². The van der Waals surface area contributed by atoms with Crippen LogP contribution < -0.4 is 14.8 Å². The highest BCUT2D eigenvalue weighted by molar-refractivity contribution is 5.43. The lowest BCUT2D eigenvalue weighted by atomic mass is 9.95. The van der Waals surface area contributed by atoms with Crippen LogP contribution in [0.4, 0.5) is 0 Å². The van der Waals surface area contributed by atoms with Crippen LogP contribution in [0.25, 0.3) is 0 Å². The molecule has 0 aromatic heterocycles. The van der Waals surface area contributed by atoms with Gasteiger partial charge in [-0.05, 0) is 30.5 Å². The average Bonchev–Trinajstić information content (AvgIpc) is 2.68. The first kappa shape index (κ1) is 22.9. The van der Waals surface area contributed by atoms with Crippen LogP contribution in [0.5, 0.6) is 11.5 Å². The number of methoxy groups -OCH3 is 1. The number of hydrogen-bond donors (Lipinski definition) is 4. The normalized spacial score (nSPS) is 17.5. The van der Waals surface area contributed by atoms with E-state index in [9.17, 15) is 15.3 Å². The fraction of sp³-hybridized carbons (Fsp3) is 0.714. The van der Waals surface area contributed by atoms with Crippen molar-refractivity contribution in [3.63, 3.8) is 0 Å². The highest BCUT2D eigenvalue weighted by Crippen LogP contribution is 2.28. The molecule has 4 N–H and O–H groups in total. The van der Waals surface area contributed by atoms with E-state index in [-0.39, 0.29) is 24.7 Å². The second-order valence-corrected chi connectivity index (χ2v) is 8.41. The molecular weight excluding hydrogens is 360 g/mol. The Balaban J connectivity index is 1.81. The third kappa shape index (κ3) is 7.56. The molecule has 0 amide bonds. The van der Waals surface area contributed by atoms with Gasteiger partial charge in [0, 0.05) is 44.7 Å². The summed E-state index contributed by atoms with van der Waals surface area (Å²) in [6.07, 6.45) is 0.706. The first-order chi connectivity index (χ1) is 13.3. The summed E-state index contributed by atoms with van der Waals surface area (Å²) >= 11 is 0. The maximum Gasteiger partial charge on any atom is 0.161 e. The number of nitrogens with one attached hydrogen (secondary N) is 1. The molecule has 0 radical (unpaired) electrons. The summed E-state index contributed by atoms with van der Waals surface area (Å²) in [4.78, 5) is 2.15. The molecule has 0 bridgehead atoms. The van der Waals surface area contributed by atoms with Gasteiger partial charge in [-0.1, -0.05) is 19.9 Å². The van der Waals surface area contributed by atoms with Gasteiger partial charge in [-0.15, -0.1) is 0 Å². The molecule has 0 saturated carbocycles. The predicted molar refractivity (Wildman–Crippen MR) is 109 cm³/mol. The van der Waals surface area contributed by atoms with E-state index in [2.05, 4.69) is 10.2 Å². The fourth-order valence-electron chi connectivity index (χ4n) is 3.18. The van der Waals surface area contributed by atoms with Crippen LogP contribution in [0.1, 0.15) is 32.3 Å². The minimum absolute atomic E-state index is 0.135. The van der Waals surface area contributed by atoms with Crippen molar-refractivity contribution in [3.8, 4) is 11.5 Å². The van der Waals surface area contributed by atoms with Gasteiger partial charge in [0.05, 0.1) is 13.2 Å². The maximum atomic E-state index is 10.3. The molecule has 0 spiro atoms. The number of nitrogens with zero attached hydrogens (tertiary/aromatic N) is 1. The van der Waals surface area contributed by atoms with Crippen molar-refractivity contribution in [1.29, 1.82) is 0 Å². The van der Waals surface area contributed by atoms with E-state index in [0.29, 0.717) is 31.1 Å². The molecule has 7 heteroatoms. The van der Waals surface area contributed by atoms with Gasteiger partial charge in [-0.3, -0.25) is 0 Å². The zero-order valence-electron chi connectivity index (χ0n) is 17.4. The number of rotatable bonds is 11. The van der Waals surface area contributed by atoms with E-state index in [4.69, 9.17) is 9.47 Å². The minimum atomic E-state index is -0.595. The average molecular weight is 397 g/mol. The first-order valence-corrected chi connectivity index (χ1v) is 10.0. The molecule has 1 unspecified atom stereocenters. The SMILES string of the molecule is COc1cc(CNCC(C)(C)CO)ccc1OCC(O)CN1CCC(O)CC1. The van der Waals surface area contributed by atoms with Crippen molar-refractivity contribution in [2.75, 3.05) is 46.5 Å². The number of β-amino-alcohol motifs (C(OH)–C–C–N with tert-alkyl or cyclic N) is 1. The Labute approximate surface area is 168 Å². The number of ether oxygens (including phenoxy) is 2. The number of benzene rings is 1. The number of likely N-dealkylation sites (tertiary alicyclic amines) is 1. The summed E-state index contributed by atoms with van der Waals surface area (Å²) in [5, 5.41) is 32.5. The van der Waals surface area contributed by atoms with E-state index in [1.807, 2.05) is 32.0 Å². The Morgan fingerprint density at radius 2 is 1.96 bits per heavy atom. The summed E-state index contributed by atoms with van der Waals surface area (Å²) in [6, 6.07) is 5.75. The lowest BCUT2D eigenvalue weighted by Gasteiger charge is -2.30. The van der Waals surface area contributed by atoms with E-state index in [1.165, 1.54) is 0 Å². The summed E-state index contributed by atoms with van der Waals surface area (Å²) < 4.78 is 11.2. The molecule has 1 aliphatic heterocycles. The highest BCUT2D eigenvalue weighted by atomic mass is 16.5. The van der Waals surface area contributed by atoms with Crippen molar-refractivity contribution in [3.05, 3.63) is 23.8 Å². The molecule has 1 aromatic carbocycles. The second kappa shape index (κ2) is 11.0. The van der Waals surface area contributed by atoms with Crippen LogP contribution in [0.2, 0.25) is 0 Å². The third-order valence-corrected chi connectivity index (χ3v) is 5.05. The van der Waals surface area contributed by atoms with Gasteiger partial charge in [-0.2, -0.15) is 0 Å². The molecule has 28 heavy (non-hydrogen) atoms. The molecule has 0 aliphatic carbocycles. The van der Waals surface area contributed by atoms with E-state index >= 15 is 0 Å². The third-order valence-electron chi connectivity index (χ3n) is 5.05. The van der Waals surface area contributed by atoms with Gasteiger partial charge in [0.1, 0.15) is 12.7 Å². The summed E-state index contributed by atoms with van der Waals surface area (Å²) in [5.74, 6) is 1.24. The quantitative estimate of drug-likeness (QED) is 0.443. The van der Waals surface area contributed by atoms with E-state index in [1.54, 1.807) is 7.11 Å². The van der Waals surface area contributed by atoms with Gasteiger partial charge in [0.25, 0.3) is 0 Å². The Hall–Kier alpha value is -1.38. The largest absolute Gasteiger partial charge is 0.493 e. The zero-order chi connectivity index (χ0) is 20.6. The standard InChI is InChI=1S/C21H36N2O5/c1-21(2,15-24)14-22-11-16-4-5-19(20(10-16)27-3)28-13-18(26)12-23-8-6-17(25)7-9-23/h4-5,10,17-18,22,24-26H,6-9,11-15H2,1-3H3. The maximum absolute atomic E-state index is 10.3. The van der Waals surface area contributed by atoms with Gasteiger partial charge in [-0.25, -0.2) is 0 Å². The Morgan fingerprint density at radius 1 is 1.25 bits per heavy atom. The molecule has 1 saturated heterocycles. The highest BCUT2D eigenvalue weighted by Gasteiger charge is 2.20. The lowest BCUT2D eigenvalue weighted by molar-refractivity contribution is 0.0333. The predicted octanol–water partition coefficient (Wildman–Crippen LogP) is 1.000. The lowest BCUT2D eigenvalue weighted by Crippen LogP contribution is -2.41. The Morgan fingerprint density at radius 3 is 2.61 bits per heavy atom. The molecular formula is C21H36N2O5. The number of hydrogen-bond acceptors (Lipinski definition) is 7. The molecule has 1 aliphatic rings. The molecule has 2 rings (SSSR count). The van der Waals surface area contributed by atoms with Gasteiger partial charge < -0.3 is 35.0 Å². The number of aliphatic hydroxyl groups excluding tert-OH is 3. The van der Waals surface area contributed by atoms with Crippen molar-refractivity contribution >= 4 is 0 Å². The molecule has 1 heterocycles. The van der Waals surface area contributed by atoms with Crippen LogP contribution in [0.3, 0.4) is 0 Å². The molecule has 1 aromatic rings. The van der Waals surface area contributed by atoms with Crippen LogP contribution in [0, 0.1) is 5.41 Å². The van der Waals surface area contributed by atoms with E-state index in [0.717, 1.165) is 31.5 Å². The zero-order valence-corrected chi connectivity index (χ0v) is 17.4. The van der Waals surface area contributed by atoms with Crippen molar-refractivity contribution in [2.45, 2.75) is 45.4 Å². The van der Waals surface area contributed by atoms with Crippen molar-refractivity contribution in [2.24, 2.45) is 5.41 Å². The first-order valence-electron chi connectivity index (χ1n) is 10.0. The second-order valence-electron chi connectivity index (χ2n) is 8.41. The Bertz CT molecular complexity index is 588. The van der Waals surface area contributed by atoms with Gasteiger partial charge in [0.15, 0.2) is 11.5 Å². The molecule has 1 fully saturated rings. The van der Waals surface area contributed by atoms with Crippen molar-refractivity contribution < 1.29 is 24.8 Å². The van der Waals surface area contributed by atoms with Crippen molar-refractivity contribution in [1.82, 2.24) is 10.2 Å². The monoisotopic (exact) mass is 396 g/mol. The molecule has 1 atom stereocenters. The number of piperidine rings is 1. The minimum Gasteiger partial charge on any atom is -0.493 e. The summed E-state index contributed by atoms with van der Waals surface area (Å²) in [7, 11) is 1.60. The van der Waals surface area contributed by atoms with E-state index < -0.39 is 6.10 Å². The summed E-state index contributed by atoms with van der Waals surface area (Å²) in [5.41, 5.74) is 0.903. The molecule has 7 nitrogen and oxygen atoms in total. The molecule has 160 valence electrons. The number of aliphatic hydroxyl groups is 3. The fourth-order valence-corrected chi connectivity index (χ4v) is 3.18. The van der Waals surface area contributed by atoms with Crippen LogP contribution in [-0.2, 0) is 6.54 Å². The van der Waals surface area contributed by atoms with Gasteiger partial charge >= 0.3 is 0 Å². The van der Waals surface area contributed by atoms with Gasteiger partial charge in [0.2, 0.25) is 0 Å². The van der Waals surface area contributed by atoms with Crippen LogP contribution in [0.15, 0.2) is 18.2 Å².